The first kappa shape index (κ1) is 22.6. The minimum absolute atomic E-state index is 0.0478. The molecule has 1 unspecified atom stereocenters. The summed E-state index contributed by atoms with van der Waals surface area (Å²) in [5.74, 6) is 0.131. The number of amides is 2. The molecule has 4 rings (SSSR count). The summed E-state index contributed by atoms with van der Waals surface area (Å²) in [6.07, 6.45) is 9.50. The molecule has 6 heteroatoms. The third kappa shape index (κ3) is 5.28. The normalized spacial score (nSPS) is 18.1. The topological polar surface area (TPSA) is 66.4 Å². The van der Waals surface area contributed by atoms with Crippen molar-refractivity contribution in [1.82, 2.24) is 19.8 Å². The molecular formula is C27H30N4O2. The number of hydrogen-bond acceptors (Lipinski definition) is 4. The van der Waals surface area contributed by atoms with Gasteiger partial charge in [-0.05, 0) is 59.7 Å². The van der Waals surface area contributed by atoms with Gasteiger partial charge in [-0.3, -0.25) is 19.6 Å². The van der Waals surface area contributed by atoms with Crippen molar-refractivity contribution in [2.24, 2.45) is 5.41 Å². The molecule has 1 atom stereocenters. The summed E-state index contributed by atoms with van der Waals surface area (Å²) in [5.41, 5.74) is 3.60. The first-order valence-electron chi connectivity index (χ1n) is 11.3. The molecule has 170 valence electrons. The van der Waals surface area contributed by atoms with Gasteiger partial charge in [-0.25, -0.2) is 0 Å². The highest BCUT2D eigenvalue weighted by atomic mass is 16.2. The molecule has 2 aromatic heterocycles. The van der Waals surface area contributed by atoms with Crippen LogP contribution in [0.1, 0.15) is 24.0 Å². The Morgan fingerprint density at radius 2 is 1.67 bits per heavy atom. The average Bonchev–Trinajstić information content (AvgIpc) is 2.85. The van der Waals surface area contributed by atoms with Crippen molar-refractivity contribution < 1.29 is 9.59 Å². The fourth-order valence-corrected chi connectivity index (χ4v) is 4.75. The molecule has 1 aliphatic rings. The van der Waals surface area contributed by atoms with Crippen LogP contribution in [0.5, 0.6) is 0 Å². The minimum Gasteiger partial charge on any atom is -0.348 e. The Balaban J connectivity index is 1.54. The van der Waals surface area contributed by atoms with Crippen LogP contribution in [0.15, 0.2) is 73.3 Å². The van der Waals surface area contributed by atoms with E-state index in [9.17, 15) is 9.59 Å². The Morgan fingerprint density at radius 1 is 0.939 bits per heavy atom. The lowest BCUT2D eigenvalue weighted by Gasteiger charge is -2.43. The van der Waals surface area contributed by atoms with Crippen LogP contribution in [-0.4, -0.2) is 58.8 Å². The van der Waals surface area contributed by atoms with Crippen LogP contribution in [0.25, 0.3) is 11.1 Å². The summed E-state index contributed by atoms with van der Waals surface area (Å²) in [4.78, 5) is 38.2. The predicted octanol–water partition coefficient (Wildman–Crippen LogP) is 3.63. The molecule has 2 amide bonds. The Morgan fingerprint density at radius 3 is 2.33 bits per heavy atom. The predicted molar refractivity (Wildman–Crippen MR) is 128 cm³/mol. The van der Waals surface area contributed by atoms with Crippen LogP contribution in [0.3, 0.4) is 0 Å². The van der Waals surface area contributed by atoms with Crippen LogP contribution < -0.4 is 0 Å². The van der Waals surface area contributed by atoms with E-state index in [0.29, 0.717) is 25.9 Å². The Kier molecular flexibility index (Phi) is 6.82. The van der Waals surface area contributed by atoms with Gasteiger partial charge >= 0.3 is 0 Å². The number of piperidine rings is 1. The quantitative estimate of drug-likeness (QED) is 0.585. The van der Waals surface area contributed by atoms with E-state index in [1.165, 1.54) is 0 Å². The van der Waals surface area contributed by atoms with Gasteiger partial charge in [0.25, 0.3) is 0 Å². The number of pyridine rings is 2. The van der Waals surface area contributed by atoms with E-state index < -0.39 is 5.41 Å². The van der Waals surface area contributed by atoms with Gasteiger partial charge in [0.1, 0.15) is 0 Å². The highest BCUT2D eigenvalue weighted by Gasteiger charge is 2.44. The summed E-state index contributed by atoms with van der Waals surface area (Å²) in [6, 6.07) is 16.1. The van der Waals surface area contributed by atoms with Crippen molar-refractivity contribution in [3.8, 4) is 11.1 Å². The lowest BCUT2D eigenvalue weighted by molar-refractivity contribution is -0.147. The second-order valence-corrected chi connectivity index (χ2v) is 9.05. The zero-order valence-corrected chi connectivity index (χ0v) is 19.3. The third-order valence-corrected chi connectivity index (χ3v) is 6.38. The van der Waals surface area contributed by atoms with Crippen molar-refractivity contribution in [2.75, 3.05) is 27.2 Å². The summed E-state index contributed by atoms with van der Waals surface area (Å²) < 4.78 is 0. The fraction of sp³-hybridized carbons (Fsp3) is 0.333. The monoisotopic (exact) mass is 442 g/mol. The van der Waals surface area contributed by atoms with E-state index in [-0.39, 0.29) is 11.8 Å². The molecule has 0 radical (unpaired) electrons. The molecule has 6 nitrogen and oxygen atoms in total. The Labute approximate surface area is 195 Å². The van der Waals surface area contributed by atoms with Crippen molar-refractivity contribution >= 4 is 11.8 Å². The largest absolute Gasteiger partial charge is 0.348 e. The van der Waals surface area contributed by atoms with Crippen molar-refractivity contribution in [1.29, 1.82) is 0 Å². The van der Waals surface area contributed by atoms with E-state index in [4.69, 9.17) is 0 Å². The Hall–Kier alpha value is -3.54. The number of nitrogens with zero attached hydrogens (tertiary/aromatic N) is 4. The zero-order valence-electron chi connectivity index (χ0n) is 19.3. The molecule has 0 saturated carbocycles. The van der Waals surface area contributed by atoms with Gasteiger partial charge in [0.05, 0.1) is 11.8 Å². The van der Waals surface area contributed by atoms with Crippen molar-refractivity contribution in [3.63, 3.8) is 0 Å². The van der Waals surface area contributed by atoms with Gasteiger partial charge in [0, 0.05) is 52.0 Å². The molecule has 0 aliphatic carbocycles. The highest BCUT2D eigenvalue weighted by Crippen LogP contribution is 2.36. The maximum Gasteiger partial charge on any atom is 0.230 e. The SMILES string of the molecule is CN(C)C(=O)C1(Cc2ccc(-c3ccncc3)cc2)CCCN(C(=O)Cc2cccnc2)C1. The second-order valence-electron chi connectivity index (χ2n) is 9.05. The van der Waals surface area contributed by atoms with Gasteiger partial charge in [-0.1, -0.05) is 30.3 Å². The molecule has 1 aromatic carbocycles. The molecule has 1 fully saturated rings. The lowest BCUT2D eigenvalue weighted by atomic mass is 9.73. The smallest absolute Gasteiger partial charge is 0.230 e. The first-order chi connectivity index (χ1) is 16.0. The average molecular weight is 443 g/mol. The molecule has 0 N–H and O–H groups in total. The van der Waals surface area contributed by atoms with Gasteiger partial charge in [-0.2, -0.15) is 0 Å². The maximum absolute atomic E-state index is 13.4. The van der Waals surface area contributed by atoms with Gasteiger partial charge in [-0.15, -0.1) is 0 Å². The van der Waals surface area contributed by atoms with Crippen LogP contribution in [0, 0.1) is 5.41 Å². The van der Waals surface area contributed by atoms with Gasteiger partial charge in [0.15, 0.2) is 0 Å². The standard InChI is InChI=1S/C27H30N4O2/c1-30(2)26(33)27(18-21-6-8-23(9-7-21)24-10-14-28-15-11-24)12-4-16-31(20-27)25(32)17-22-5-3-13-29-19-22/h3,5-11,13-15,19H,4,12,16-18,20H2,1-2H3. The molecule has 3 aromatic rings. The van der Waals surface area contributed by atoms with Gasteiger partial charge < -0.3 is 9.80 Å². The molecule has 1 saturated heterocycles. The molecule has 3 heterocycles. The summed E-state index contributed by atoms with van der Waals surface area (Å²) in [7, 11) is 3.60. The second kappa shape index (κ2) is 9.94. The highest BCUT2D eigenvalue weighted by molar-refractivity contribution is 5.85. The maximum atomic E-state index is 13.4. The molecular weight excluding hydrogens is 412 g/mol. The number of rotatable bonds is 6. The summed E-state index contributed by atoms with van der Waals surface area (Å²) in [5, 5.41) is 0. The van der Waals surface area contributed by atoms with Gasteiger partial charge in [0.2, 0.25) is 11.8 Å². The van der Waals surface area contributed by atoms with E-state index >= 15 is 0 Å². The van der Waals surface area contributed by atoms with Crippen molar-refractivity contribution in [3.05, 3.63) is 84.4 Å². The van der Waals surface area contributed by atoms with E-state index in [1.807, 2.05) is 29.2 Å². The molecule has 1 aliphatic heterocycles. The number of carbonyl (C=O) groups is 2. The summed E-state index contributed by atoms with van der Waals surface area (Å²) in [6.45, 7) is 1.12. The first-order valence-corrected chi connectivity index (χ1v) is 11.3. The zero-order chi connectivity index (χ0) is 23.3. The number of hydrogen-bond donors (Lipinski definition) is 0. The number of carbonyl (C=O) groups excluding carboxylic acids is 2. The Bertz CT molecular complexity index is 1080. The van der Waals surface area contributed by atoms with Crippen LogP contribution >= 0.6 is 0 Å². The number of benzene rings is 1. The van der Waals surface area contributed by atoms with E-state index in [2.05, 4.69) is 34.2 Å². The minimum atomic E-state index is -0.621. The van der Waals surface area contributed by atoms with Crippen LogP contribution in [0.4, 0.5) is 0 Å². The summed E-state index contributed by atoms with van der Waals surface area (Å²) >= 11 is 0. The van der Waals surface area contributed by atoms with Crippen LogP contribution in [0.2, 0.25) is 0 Å². The molecule has 0 spiro atoms. The molecule has 0 bridgehead atoms. The van der Waals surface area contributed by atoms with Crippen molar-refractivity contribution in [2.45, 2.75) is 25.7 Å². The molecule has 33 heavy (non-hydrogen) atoms. The number of aromatic nitrogens is 2. The third-order valence-electron chi connectivity index (χ3n) is 6.38. The lowest BCUT2D eigenvalue weighted by Crippen LogP contribution is -2.54. The van der Waals surface area contributed by atoms with E-state index in [1.54, 1.807) is 43.8 Å². The van der Waals surface area contributed by atoms with Crippen LogP contribution in [-0.2, 0) is 22.4 Å². The number of likely N-dealkylation sites (tertiary alicyclic amines) is 1. The fourth-order valence-electron chi connectivity index (χ4n) is 4.75. The van der Waals surface area contributed by atoms with E-state index in [0.717, 1.165) is 35.1 Å².